The van der Waals surface area contributed by atoms with Gasteiger partial charge < -0.3 is 15.0 Å². The van der Waals surface area contributed by atoms with E-state index in [0.717, 1.165) is 18.4 Å². The molecule has 1 aromatic heterocycles. The van der Waals surface area contributed by atoms with Crippen LogP contribution in [-0.2, 0) is 17.8 Å². The molecule has 2 N–H and O–H groups in total. The molecule has 31 heavy (non-hydrogen) atoms. The van der Waals surface area contributed by atoms with E-state index in [9.17, 15) is 4.79 Å². The van der Waals surface area contributed by atoms with Crippen molar-refractivity contribution in [2.45, 2.75) is 38.5 Å². The van der Waals surface area contributed by atoms with E-state index in [2.05, 4.69) is 66.5 Å². The van der Waals surface area contributed by atoms with Crippen LogP contribution in [0.2, 0.25) is 0 Å². The molecule has 0 aliphatic carbocycles. The molecule has 0 saturated carbocycles. The van der Waals surface area contributed by atoms with E-state index < -0.39 is 5.91 Å². The first-order valence-corrected chi connectivity index (χ1v) is 10.6. The molecule has 0 saturated heterocycles. The zero-order chi connectivity index (χ0) is 21.6. The molecule has 0 fully saturated rings. The molecule has 4 rings (SSSR count). The van der Waals surface area contributed by atoms with Crippen LogP contribution in [0.4, 0.5) is 0 Å². The van der Waals surface area contributed by atoms with Crippen LogP contribution in [0.15, 0.2) is 85.3 Å². The van der Waals surface area contributed by atoms with E-state index in [1.165, 1.54) is 16.3 Å². The van der Waals surface area contributed by atoms with Crippen molar-refractivity contribution in [3.8, 4) is 0 Å². The normalized spacial score (nSPS) is 13.2. The number of ether oxygens (including phenoxy) is 1. The average molecular weight is 414 g/mol. The summed E-state index contributed by atoms with van der Waals surface area (Å²) in [6, 6.07) is 25.1. The number of hydrogen-bond donors (Lipinski definition) is 1. The smallest absolute Gasteiger partial charge is 0.268 e. The highest BCUT2D eigenvalue weighted by molar-refractivity contribution is 5.90. The minimum atomic E-state index is -0.523. The predicted octanol–water partition coefficient (Wildman–Crippen LogP) is 4.91. The van der Waals surface area contributed by atoms with Gasteiger partial charge in [-0.1, -0.05) is 72.8 Å². The van der Waals surface area contributed by atoms with Gasteiger partial charge in [0.05, 0.1) is 25.1 Å². The number of benzene rings is 3. The second-order valence-corrected chi connectivity index (χ2v) is 7.86. The third-order valence-electron chi connectivity index (χ3n) is 5.68. The maximum Gasteiger partial charge on any atom is 0.268 e. The molecule has 4 aromatic rings. The van der Waals surface area contributed by atoms with E-state index in [0.29, 0.717) is 6.61 Å². The zero-order valence-electron chi connectivity index (χ0n) is 17.6. The summed E-state index contributed by atoms with van der Waals surface area (Å²) in [5.41, 5.74) is 8.08. The third kappa shape index (κ3) is 5.19. The summed E-state index contributed by atoms with van der Waals surface area (Å²) in [5, 5.41) is 2.48. The summed E-state index contributed by atoms with van der Waals surface area (Å²) in [7, 11) is 0. The number of fused-ring (bicyclic) bond motifs is 1. The molecule has 158 valence electrons. The Morgan fingerprint density at radius 3 is 2.48 bits per heavy atom. The number of nitrogens with two attached hydrogens (primary N) is 1. The molecule has 5 nitrogen and oxygen atoms in total. The van der Waals surface area contributed by atoms with Crippen molar-refractivity contribution >= 4 is 16.7 Å². The number of carbonyl (C=O) groups excluding carboxylic acids is 1. The second kappa shape index (κ2) is 9.58. The maximum absolute atomic E-state index is 11.5. The largest absolute Gasteiger partial charge is 0.372 e. The minimum Gasteiger partial charge on any atom is -0.372 e. The highest BCUT2D eigenvalue weighted by Crippen LogP contribution is 2.24. The number of hydrogen-bond acceptors (Lipinski definition) is 3. The van der Waals surface area contributed by atoms with E-state index in [1.807, 2.05) is 22.8 Å². The molecular weight excluding hydrogens is 386 g/mol. The topological polar surface area (TPSA) is 70.1 Å². The summed E-state index contributed by atoms with van der Waals surface area (Å²) in [6.45, 7) is 2.60. The zero-order valence-corrected chi connectivity index (χ0v) is 17.6. The van der Waals surface area contributed by atoms with Crippen molar-refractivity contribution in [1.82, 2.24) is 9.55 Å². The number of rotatable bonds is 9. The van der Waals surface area contributed by atoms with Gasteiger partial charge in [0.2, 0.25) is 0 Å². The van der Waals surface area contributed by atoms with Gasteiger partial charge in [0, 0.05) is 6.20 Å². The van der Waals surface area contributed by atoms with E-state index in [4.69, 9.17) is 10.5 Å². The summed E-state index contributed by atoms with van der Waals surface area (Å²) in [4.78, 5) is 15.7. The van der Waals surface area contributed by atoms with E-state index in [1.54, 1.807) is 12.5 Å². The molecule has 2 atom stereocenters. The number of amides is 1. The first kappa shape index (κ1) is 20.8. The van der Waals surface area contributed by atoms with Gasteiger partial charge in [-0.2, -0.15) is 0 Å². The number of nitrogens with zero attached hydrogens (tertiary/aromatic N) is 2. The Kier molecular flexibility index (Phi) is 6.43. The lowest BCUT2D eigenvalue weighted by molar-refractivity contribution is 0.0148. The average Bonchev–Trinajstić information content (AvgIpc) is 3.29. The Morgan fingerprint density at radius 1 is 1.00 bits per heavy atom. The fourth-order valence-corrected chi connectivity index (χ4v) is 3.89. The molecule has 0 bridgehead atoms. The first-order chi connectivity index (χ1) is 15.1. The van der Waals surface area contributed by atoms with Crippen molar-refractivity contribution in [2.75, 3.05) is 0 Å². The molecule has 3 aromatic carbocycles. The number of carbonyl (C=O) groups is 1. The lowest BCUT2D eigenvalue weighted by atomic mass is 9.99. The molecular formula is C26H27N3O2. The fraction of sp³-hybridized carbons (Fsp3) is 0.231. The Balaban J connectivity index is 1.51. The monoisotopic (exact) mass is 413 g/mol. The SMILES string of the molecule is C[C@H](OCc1ccccc1)[C@@H](CCc1ccc2ccccc2c1)n1cnc(C(N)=O)c1. The van der Waals surface area contributed by atoms with Crippen LogP contribution >= 0.6 is 0 Å². The number of imidazole rings is 1. The van der Waals surface area contributed by atoms with E-state index >= 15 is 0 Å². The lowest BCUT2D eigenvalue weighted by Crippen LogP contribution is -2.24. The first-order valence-electron chi connectivity index (χ1n) is 10.6. The van der Waals surface area contributed by atoms with Gasteiger partial charge >= 0.3 is 0 Å². The van der Waals surface area contributed by atoms with Gasteiger partial charge in [-0.25, -0.2) is 4.98 Å². The van der Waals surface area contributed by atoms with Crippen LogP contribution in [0.1, 0.15) is 41.0 Å². The van der Waals surface area contributed by atoms with Gasteiger partial charge in [0.1, 0.15) is 5.69 Å². The fourth-order valence-electron chi connectivity index (χ4n) is 3.89. The molecule has 0 aliphatic heterocycles. The van der Waals surface area contributed by atoms with Crippen molar-refractivity contribution < 1.29 is 9.53 Å². The van der Waals surface area contributed by atoms with Gasteiger partial charge in [0.15, 0.2) is 0 Å². The van der Waals surface area contributed by atoms with E-state index in [-0.39, 0.29) is 17.8 Å². The summed E-state index contributed by atoms with van der Waals surface area (Å²) < 4.78 is 8.16. The van der Waals surface area contributed by atoms with Crippen molar-refractivity contribution in [3.05, 3.63) is 102 Å². The quantitative estimate of drug-likeness (QED) is 0.424. The van der Waals surface area contributed by atoms with Crippen molar-refractivity contribution in [1.29, 1.82) is 0 Å². The highest BCUT2D eigenvalue weighted by atomic mass is 16.5. The molecule has 0 radical (unpaired) electrons. The molecule has 0 unspecified atom stereocenters. The Bertz CT molecular complexity index is 1150. The summed E-state index contributed by atoms with van der Waals surface area (Å²) in [6.07, 6.45) is 5.06. The summed E-state index contributed by atoms with van der Waals surface area (Å²) >= 11 is 0. The highest BCUT2D eigenvalue weighted by Gasteiger charge is 2.21. The number of aromatic nitrogens is 2. The molecule has 1 heterocycles. The molecule has 0 aliphatic rings. The summed E-state index contributed by atoms with van der Waals surface area (Å²) in [5.74, 6) is -0.523. The molecule has 1 amide bonds. The van der Waals surface area contributed by atoms with Gasteiger partial charge in [0.25, 0.3) is 5.91 Å². The van der Waals surface area contributed by atoms with Crippen LogP contribution in [-0.4, -0.2) is 21.6 Å². The maximum atomic E-state index is 11.5. The Hall–Kier alpha value is -3.44. The van der Waals surface area contributed by atoms with Crippen LogP contribution in [0.25, 0.3) is 10.8 Å². The van der Waals surface area contributed by atoms with Gasteiger partial charge in [-0.15, -0.1) is 0 Å². The Morgan fingerprint density at radius 2 is 1.74 bits per heavy atom. The standard InChI is InChI=1S/C26H27N3O2/c1-19(31-17-21-7-3-2-4-8-21)25(29-16-24(26(27)30)28-18-29)14-12-20-11-13-22-9-5-6-10-23(22)15-20/h2-11,13,15-16,18-19,25H,12,14,17H2,1H3,(H2,27,30)/t19-,25+/m0/s1. The Labute approximate surface area is 182 Å². The molecule has 0 spiro atoms. The predicted molar refractivity (Wildman–Crippen MR) is 123 cm³/mol. The minimum absolute atomic E-state index is 0.0239. The third-order valence-corrected chi connectivity index (χ3v) is 5.68. The van der Waals surface area contributed by atoms with Crippen LogP contribution < -0.4 is 5.73 Å². The van der Waals surface area contributed by atoms with Gasteiger partial charge in [-0.05, 0) is 41.7 Å². The van der Waals surface area contributed by atoms with Crippen molar-refractivity contribution in [2.24, 2.45) is 5.73 Å². The van der Waals surface area contributed by atoms with Gasteiger partial charge in [-0.3, -0.25) is 4.79 Å². The number of aryl methyl sites for hydroxylation is 1. The van der Waals surface area contributed by atoms with Crippen LogP contribution in [0, 0.1) is 0 Å². The second-order valence-electron chi connectivity index (χ2n) is 7.86. The van der Waals surface area contributed by atoms with Crippen LogP contribution in [0.5, 0.6) is 0 Å². The molecule has 5 heteroatoms. The van der Waals surface area contributed by atoms with Crippen LogP contribution in [0.3, 0.4) is 0 Å². The lowest BCUT2D eigenvalue weighted by Gasteiger charge is -2.26. The van der Waals surface area contributed by atoms with Crippen molar-refractivity contribution in [3.63, 3.8) is 0 Å². The number of primary amides is 1.